The van der Waals surface area contributed by atoms with E-state index in [1.54, 1.807) is 7.11 Å². The molecule has 0 N–H and O–H groups in total. The second kappa shape index (κ2) is 3.93. The van der Waals surface area contributed by atoms with Gasteiger partial charge in [0.25, 0.3) is 0 Å². The van der Waals surface area contributed by atoms with E-state index in [1.165, 1.54) is 24.0 Å². The quantitative estimate of drug-likeness (QED) is 0.685. The van der Waals surface area contributed by atoms with Gasteiger partial charge in [0.1, 0.15) is 0 Å². The Morgan fingerprint density at radius 3 is 2.46 bits per heavy atom. The van der Waals surface area contributed by atoms with Crippen molar-refractivity contribution in [3.8, 4) is 0 Å². The van der Waals surface area contributed by atoms with E-state index in [0.717, 1.165) is 18.9 Å². The number of rotatable bonds is 4. The fourth-order valence-corrected chi connectivity index (χ4v) is 1.59. The van der Waals surface area contributed by atoms with E-state index in [9.17, 15) is 0 Å². The van der Waals surface area contributed by atoms with Crippen LogP contribution in [0.4, 0.5) is 0 Å². The van der Waals surface area contributed by atoms with Crippen molar-refractivity contribution in [3.63, 3.8) is 0 Å². The van der Waals surface area contributed by atoms with Crippen molar-refractivity contribution in [3.05, 3.63) is 35.4 Å². The normalized spacial score (nSPS) is 16.1. The topological polar surface area (TPSA) is 9.23 Å². The summed E-state index contributed by atoms with van der Waals surface area (Å²) in [4.78, 5) is 0. The van der Waals surface area contributed by atoms with Crippen LogP contribution in [0.15, 0.2) is 24.3 Å². The summed E-state index contributed by atoms with van der Waals surface area (Å²) < 4.78 is 5.04. The number of hydrogen-bond donors (Lipinski definition) is 0. The summed E-state index contributed by atoms with van der Waals surface area (Å²) in [5.74, 6) is 0.872. The fraction of sp³-hybridized carbons (Fsp3) is 0.500. The van der Waals surface area contributed by atoms with Gasteiger partial charge in [-0.2, -0.15) is 0 Å². The lowest BCUT2D eigenvalue weighted by atomic mass is 10.1. The zero-order chi connectivity index (χ0) is 9.10. The van der Waals surface area contributed by atoms with Crippen molar-refractivity contribution in [2.75, 3.05) is 13.7 Å². The van der Waals surface area contributed by atoms with E-state index in [-0.39, 0.29) is 0 Å². The van der Waals surface area contributed by atoms with Crippen LogP contribution in [0.3, 0.4) is 0 Å². The van der Waals surface area contributed by atoms with Crippen LogP contribution in [0, 0.1) is 0 Å². The van der Waals surface area contributed by atoms with Crippen LogP contribution in [0.25, 0.3) is 0 Å². The molecule has 2 rings (SSSR count). The number of benzene rings is 1. The largest absolute Gasteiger partial charge is 0.384 e. The molecule has 0 unspecified atom stereocenters. The molecule has 0 heterocycles. The van der Waals surface area contributed by atoms with Crippen molar-refractivity contribution >= 4 is 0 Å². The first-order chi connectivity index (χ1) is 6.40. The van der Waals surface area contributed by atoms with E-state index in [0.29, 0.717) is 0 Å². The van der Waals surface area contributed by atoms with Crippen LogP contribution in [0.2, 0.25) is 0 Å². The van der Waals surface area contributed by atoms with Crippen molar-refractivity contribution in [1.82, 2.24) is 0 Å². The van der Waals surface area contributed by atoms with Crippen molar-refractivity contribution in [1.29, 1.82) is 0 Å². The Kier molecular flexibility index (Phi) is 2.65. The van der Waals surface area contributed by atoms with Gasteiger partial charge in [-0.3, -0.25) is 0 Å². The van der Waals surface area contributed by atoms with Crippen LogP contribution in [0.5, 0.6) is 0 Å². The Hall–Kier alpha value is -0.820. The molecule has 13 heavy (non-hydrogen) atoms. The van der Waals surface area contributed by atoms with Crippen LogP contribution in [-0.4, -0.2) is 13.7 Å². The Balaban J connectivity index is 1.96. The maximum atomic E-state index is 5.04. The van der Waals surface area contributed by atoms with Gasteiger partial charge in [0, 0.05) is 7.11 Å². The number of hydrogen-bond acceptors (Lipinski definition) is 1. The van der Waals surface area contributed by atoms with Gasteiger partial charge in [0.05, 0.1) is 6.61 Å². The predicted molar refractivity (Wildman–Crippen MR) is 54.0 cm³/mol. The molecule has 1 heteroatoms. The minimum atomic E-state index is 0.822. The van der Waals surface area contributed by atoms with Crippen molar-refractivity contribution in [2.24, 2.45) is 0 Å². The molecule has 1 fully saturated rings. The van der Waals surface area contributed by atoms with Crippen molar-refractivity contribution in [2.45, 2.75) is 25.2 Å². The van der Waals surface area contributed by atoms with E-state index in [1.807, 2.05) is 0 Å². The average Bonchev–Trinajstić information content (AvgIpc) is 2.99. The van der Waals surface area contributed by atoms with Crippen LogP contribution in [-0.2, 0) is 11.2 Å². The first kappa shape index (κ1) is 8.76. The van der Waals surface area contributed by atoms with Crippen LogP contribution >= 0.6 is 0 Å². The SMILES string of the molecule is COCCc1ccc(C2CC2)cc1. The number of methoxy groups -OCH3 is 1. The Bertz CT molecular complexity index is 259. The van der Waals surface area contributed by atoms with E-state index < -0.39 is 0 Å². The van der Waals surface area contributed by atoms with Gasteiger partial charge in [-0.25, -0.2) is 0 Å². The zero-order valence-electron chi connectivity index (χ0n) is 8.12. The molecule has 1 saturated carbocycles. The lowest BCUT2D eigenvalue weighted by Crippen LogP contribution is -1.94. The predicted octanol–water partition coefficient (Wildman–Crippen LogP) is 2.75. The summed E-state index contributed by atoms with van der Waals surface area (Å²) in [6.45, 7) is 0.822. The lowest BCUT2D eigenvalue weighted by Gasteiger charge is -2.02. The molecule has 0 bridgehead atoms. The summed E-state index contributed by atoms with van der Waals surface area (Å²) in [5.41, 5.74) is 2.90. The van der Waals surface area contributed by atoms with Gasteiger partial charge in [0.15, 0.2) is 0 Å². The lowest BCUT2D eigenvalue weighted by molar-refractivity contribution is 0.202. The monoisotopic (exact) mass is 176 g/mol. The molecule has 0 atom stereocenters. The third-order valence-electron chi connectivity index (χ3n) is 2.62. The molecule has 1 nitrogen and oxygen atoms in total. The summed E-state index contributed by atoms with van der Waals surface area (Å²) in [7, 11) is 1.75. The molecule has 1 aromatic rings. The van der Waals surface area contributed by atoms with Gasteiger partial charge in [-0.1, -0.05) is 24.3 Å². The third-order valence-corrected chi connectivity index (χ3v) is 2.62. The summed E-state index contributed by atoms with van der Waals surface area (Å²) in [6, 6.07) is 8.99. The molecule has 0 amide bonds. The molecule has 0 saturated heterocycles. The van der Waals surface area contributed by atoms with Crippen LogP contribution < -0.4 is 0 Å². The van der Waals surface area contributed by atoms with Crippen molar-refractivity contribution < 1.29 is 4.74 Å². The highest BCUT2D eigenvalue weighted by atomic mass is 16.5. The smallest absolute Gasteiger partial charge is 0.0502 e. The second-order valence-electron chi connectivity index (χ2n) is 3.76. The van der Waals surface area contributed by atoms with E-state index in [4.69, 9.17) is 4.74 Å². The number of ether oxygens (including phenoxy) is 1. The minimum Gasteiger partial charge on any atom is -0.384 e. The summed E-state index contributed by atoms with van der Waals surface area (Å²) in [5, 5.41) is 0. The molecule has 0 spiro atoms. The highest BCUT2D eigenvalue weighted by molar-refractivity contribution is 5.28. The van der Waals surface area contributed by atoms with Gasteiger partial charge >= 0.3 is 0 Å². The molecule has 0 aliphatic heterocycles. The Morgan fingerprint density at radius 2 is 1.92 bits per heavy atom. The highest BCUT2D eigenvalue weighted by Gasteiger charge is 2.22. The molecule has 1 aliphatic carbocycles. The first-order valence-corrected chi connectivity index (χ1v) is 4.98. The Morgan fingerprint density at radius 1 is 1.23 bits per heavy atom. The maximum absolute atomic E-state index is 5.04. The van der Waals surface area contributed by atoms with Gasteiger partial charge in [-0.15, -0.1) is 0 Å². The van der Waals surface area contributed by atoms with Gasteiger partial charge < -0.3 is 4.74 Å². The molecule has 0 radical (unpaired) electrons. The summed E-state index contributed by atoms with van der Waals surface area (Å²) in [6.07, 6.45) is 3.80. The standard InChI is InChI=1S/C12H16O/c1-13-9-8-10-2-4-11(5-3-10)12-6-7-12/h2-5,12H,6-9H2,1H3. The minimum absolute atomic E-state index is 0.822. The Labute approximate surface area is 79.7 Å². The third kappa shape index (κ3) is 2.31. The molecule has 70 valence electrons. The van der Waals surface area contributed by atoms with Gasteiger partial charge in [-0.05, 0) is 36.3 Å². The molecular weight excluding hydrogens is 160 g/mol. The molecule has 1 aromatic carbocycles. The second-order valence-corrected chi connectivity index (χ2v) is 3.76. The molecule has 0 aromatic heterocycles. The highest BCUT2D eigenvalue weighted by Crippen LogP contribution is 2.39. The van der Waals surface area contributed by atoms with E-state index in [2.05, 4.69) is 24.3 Å². The molecule has 1 aliphatic rings. The fourth-order valence-electron chi connectivity index (χ4n) is 1.59. The van der Waals surface area contributed by atoms with Gasteiger partial charge in [0.2, 0.25) is 0 Å². The first-order valence-electron chi connectivity index (χ1n) is 4.98. The van der Waals surface area contributed by atoms with Crippen LogP contribution in [0.1, 0.15) is 29.9 Å². The molecular formula is C12H16O. The zero-order valence-corrected chi connectivity index (χ0v) is 8.12. The summed E-state index contributed by atoms with van der Waals surface area (Å²) >= 11 is 0. The average molecular weight is 176 g/mol. The van der Waals surface area contributed by atoms with E-state index >= 15 is 0 Å². The maximum Gasteiger partial charge on any atom is 0.0502 e.